The van der Waals surface area contributed by atoms with Crippen LogP contribution in [0.1, 0.15) is 106 Å². The smallest absolute Gasteiger partial charge is 0.0235 e. The Kier molecular flexibility index (Phi) is 3.82. The van der Waals surface area contributed by atoms with Crippen molar-refractivity contribution in [1.29, 1.82) is 0 Å². The molecule has 0 aliphatic heterocycles. The van der Waals surface area contributed by atoms with Crippen molar-refractivity contribution in [3.63, 3.8) is 0 Å². The van der Waals surface area contributed by atoms with Crippen LogP contribution >= 0.6 is 0 Å². The summed E-state index contributed by atoms with van der Waals surface area (Å²) >= 11 is 0. The lowest BCUT2D eigenvalue weighted by molar-refractivity contribution is -0.202. The van der Waals surface area contributed by atoms with Crippen LogP contribution in [0.25, 0.3) is 0 Å². The van der Waals surface area contributed by atoms with Gasteiger partial charge in [0.25, 0.3) is 0 Å². The van der Waals surface area contributed by atoms with Gasteiger partial charge >= 0.3 is 0 Å². The van der Waals surface area contributed by atoms with Crippen LogP contribution < -0.4 is 0 Å². The molecule has 7 atom stereocenters. The highest BCUT2D eigenvalue weighted by atomic mass is 14.7. The number of hydrogen-bond acceptors (Lipinski definition) is 0. The maximum absolute atomic E-state index is 2.75. The SMILES string of the molecule is CC[C@H]1CC[C@]2(C)[C@@H]1CC[C@@H]1[C@@]3(C)CCCC(C)(C)[C@@H]3CC[C@]12C. The molecule has 4 aliphatic rings. The van der Waals surface area contributed by atoms with E-state index < -0.39 is 0 Å². The lowest BCUT2D eigenvalue weighted by Crippen LogP contribution is -2.61. The molecule has 0 radical (unpaired) electrons. The molecular formula is C24H42. The molecule has 0 unspecified atom stereocenters. The van der Waals surface area contributed by atoms with E-state index in [-0.39, 0.29) is 0 Å². The zero-order chi connectivity index (χ0) is 17.4. The van der Waals surface area contributed by atoms with Gasteiger partial charge in [-0.3, -0.25) is 0 Å². The highest BCUT2D eigenvalue weighted by Crippen LogP contribution is 2.75. The van der Waals surface area contributed by atoms with Crippen LogP contribution in [0, 0.1) is 45.3 Å². The average molecular weight is 331 g/mol. The minimum absolute atomic E-state index is 0.577. The van der Waals surface area contributed by atoms with Crippen molar-refractivity contribution in [1.82, 2.24) is 0 Å². The van der Waals surface area contributed by atoms with Crippen molar-refractivity contribution >= 4 is 0 Å². The summed E-state index contributed by atoms with van der Waals surface area (Å²) in [5.74, 6) is 4.02. The Morgan fingerprint density at radius 2 is 1.42 bits per heavy atom. The summed E-state index contributed by atoms with van der Waals surface area (Å²) in [5.41, 5.74) is 2.44. The summed E-state index contributed by atoms with van der Waals surface area (Å²) in [7, 11) is 0. The van der Waals surface area contributed by atoms with Crippen LogP contribution in [0.3, 0.4) is 0 Å². The van der Waals surface area contributed by atoms with Crippen LogP contribution in [0.15, 0.2) is 0 Å². The maximum Gasteiger partial charge on any atom is -0.0235 e. The van der Waals surface area contributed by atoms with Crippen molar-refractivity contribution in [2.45, 2.75) is 106 Å². The number of fused-ring (bicyclic) bond motifs is 5. The quantitative estimate of drug-likeness (QED) is 0.467. The van der Waals surface area contributed by atoms with E-state index in [9.17, 15) is 0 Å². The van der Waals surface area contributed by atoms with Crippen molar-refractivity contribution in [2.24, 2.45) is 45.3 Å². The molecule has 138 valence electrons. The molecule has 24 heavy (non-hydrogen) atoms. The molecule has 0 aromatic rings. The predicted molar refractivity (Wildman–Crippen MR) is 104 cm³/mol. The Labute approximate surface area is 151 Å². The van der Waals surface area contributed by atoms with Gasteiger partial charge < -0.3 is 0 Å². The molecule has 0 bridgehead atoms. The van der Waals surface area contributed by atoms with E-state index in [1.54, 1.807) is 0 Å². The third kappa shape index (κ3) is 1.98. The first-order chi connectivity index (χ1) is 11.2. The van der Waals surface area contributed by atoms with Gasteiger partial charge in [-0.25, -0.2) is 0 Å². The summed E-state index contributed by atoms with van der Waals surface area (Å²) in [5, 5.41) is 0. The fourth-order valence-corrected chi connectivity index (χ4v) is 9.47. The van der Waals surface area contributed by atoms with Gasteiger partial charge in [0.1, 0.15) is 0 Å². The largest absolute Gasteiger partial charge is 0.0651 e. The third-order valence-electron chi connectivity index (χ3n) is 10.8. The van der Waals surface area contributed by atoms with E-state index in [1.807, 2.05) is 0 Å². The second kappa shape index (κ2) is 5.26. The standard InChI is InChI=1S/C24H42/c1-7-17-11-15-23(5)18(17)9-10-20-22(4)14-8-13-21(2,3)19(22)12-16-24(20,23)6/h17-20H,7-16H2,1-6H3/t17-,18+,19-,20+,22-,23+,24+/m0/s1. The Morgan fingerprint density at radius 1 is 0.708 bits per heavy atom. The zero-order valence-electron chi connectivity index (χ0n) is 17.4. The lowest BCUT2D eigenvalue weighted by atomic mass is 9.36. The topological polar surface area (TPSA) is 0 Å². The van der Waals surface area contributed by atoms with Gasteiger partial charge in [-0.1, -0.05) is 54.4 Å². The normalized spacial score (nSPS) is 56.2. The summed E-state index contributed by atoms with van der Waals surface area (Å²) < 4.78 is 0. The molecular weight excluding hydrogens is 288 g/mol. The molecule has 0 spiro atoms. The van der Waals surface area contributed by atoms with E-state index in [0.29, 0.717) is 21.7 Å². The van der Waals surface area contributed by atoms with Crippen molar-refractivity contribution in [3.8, 4) is 0 Å². The minimum Gasteiger partial charge on any atom is -0.0651 e. The fraction of sp³-hybridized carbons (Fsp3) is 1.00. The molecule has 0 N–H and O–H groups in total. The van der Waals surface area contributed by atoms with Gasteiger partial charge in [0.15, 0.2) is 0 Å². The molecule has 4 rings (SSSR count). The maximum atomic E-state index is 2.75. The fourth-order valence-electron chi connectivity index (χ4n) is 9.47. The van der Waals surface area contributed by atoms with E-state index in [4.69, 9.17) is 0 Å². The first kappa shape index (κ1) is 17.4. The Bertz CT molecular complexity index is 504. The zero-order valence-corrected chi connectivity index (χ0v) is 17.4. The van der Waals surface area contributed by atoms with Crippen molar-refractivity contribution in [2.75, 3.05) is 0 Å². The molecule has 0 heterocycles. The number of rotatable bonds is 1. The van der Waals surface area contributed by atoms with Crippen molar-refractivity contribution < 1.29 is 0 Å². The highest BCUT2D eigenvalue weighted by Gasteiger charge is 2.67. The molecule has 0 aromatic heterocycles. The third-order valence-corrected chi connectivity index (χ3v) is 10.8. The first-order valence-corrected chi connectivity index (χ1v) is 11.2. The van der Waals surface area contributed by atoms with Crippen LogP contribution in [-0.2, 0) is 0 Å². The second-order valence-corrected chi connectivity index (χ2v) is 11.7. The molecule has 0 aromatic carbocycles. The van der Waals surface area contributed by atoms with Gasteiger partial charge in [0.05, 0.1) is 0 Å². The molecule has 4 aliphatic carbocycles. The van der Waals surface area contributed by atoms with Crippen LogP contribution in [0.2, 0.25) is 0 Å². The Morgan fingerprint density at radius 3 is 2.12 bits per heavy atom. The lowest BCUT2D eigenvalue weighted by Gasteiger charge is -2.69. The second-order valence-electron chi connectivity index (χ2n) is 11.7. The summed E-state index contributed by atoms with van der Waals surface area (Å²) in [6.07, 6.45) is 15.0. The predicted octanol–water partition coefficient (Wildman–Crippen LogP) is 7.47. The summed E-state index contributed by atoms with van der Waals surface area (Å²) in [4.78, 5) is 0. The van der Waals surface area contributed by atoms with Crippen molar-refractivity contribution in [3.05, 3.63) is 0 Å². The average Bonchev–Trinajstić information content (AvgIpc) is 2.84. The minimum atomic E-state index is 0.577. The van der Waals surface area contributed by atoms with Gasteiger partial charge in [-0.05, 0) is 96.7 Å². The molecule has 0 amide bonds. The first-order valence-electron chi connectivity index (χ1n) is 11.2. The van der Waals surface area contributed by atoms with Gasteiger partial charge in [-0.2, -0.15) is 0 Å². The summed E-state index contributed by atoms with van der Waals surface area (Å²) in [6.45, 7) is 15.9. The number of hydrogen-bond donors (Lipinski definition) is 0. The molecule has 4 saturated carbocycles. The Hall–Kier alpha value is 0. The highest BCUT2D eigenvalue weighted by molar-refractivity contribution is 5.16. The van der Waals surface area contributed by atoms with E-state index in [0.717, 1.165) is 23.7 Å². The van der Waals surface area contributed by atoms with E-state index in [2.05, 4.69) is 41.5 Å². The van der Waals surface area contributed by atoms with Gasteiger partial charge in [0.2, 0.25) is 0 Å². The van der Waals surface area contributed by atoms with Gasteiger partial charge in [-0.15, -0.1) is 0 Å². The van der Waals surface area contributed by atoms with Crippen LogP contribution in [-0.4, -0.2) is 0 Å². The molecule has 0 heteroatoms. The van der Waals surface area contributed by atoms with Crippen LogP contribution in [0.5, 0.6) is 0 Å². The summed E-state index contributed by atoms with van der Waals surface area (Å²) in [6, 6.07) is 0. The Balaban J connectivity index is 1.73. The van der Waals surface area contributed by atoms with E-state index in [1.165, 1.54) is 64.2 Å². The van der Waals surface area contributed by atoms with E-state index >= 15 is 0 Å². The monoisotopic (exact) mass is 330 g/mol. The van der Waals surface area contributed by atoms with Gasteiger partial charge in [0, 0.05) is 0 Å². The molecule has 0 saturated heterocycles. The van der Waals surface area contributed by atoms with Crippen LogP contribution in [0.4, 0.5) is 0 Å². The molecule has 4 fully saturated rings. The molecule has 0 nitrogen and oxygen atoms in total.